The van der Waals surface area contributed by atoms with Crippen molar-refractivity contribution in [3.05, 3.63) is 35.9 Å². The van der Waals surface area contributed by atoms with Crippen LogP contribution in [0.25, 0.3) is 0 Å². The molecular formula is C15H23ClN2O. The van der Waals surface area contributed by atoms with Crippen molar-refractivity contribution in [3.63, 3.8) is 0 Å². The molecule has 1 aliphatic heterocycles. The highest BCUT2D eigenvalue weighted by Crippen LogP contribution is 2.28. The van der Waals surface area contributed by atoms with E-state index in [1.54, 1.807) is 0 Å². The average molecular weight is 283 g/mol. The van der Waals surface area contributed by atoms with Crippen molar-refractivity contribution >= 4 is 18.3 Å². The summed E-state index contributed by atoms with van der Waals surface area (Å²) in [6.45, 7) is 4.51. The largest absolute Gasteiger partial charge is 0.342 e. The molecule has 0 bridgehead atoms. The van der Waals surface area contributed by atoms with Gasteiger partial charge in [0, 0.05) is 19.5 Å². The number of amides is 1. The molecule has 2 rings (SSSR count). The van der Waals surface area contributed by atoms with Crippen LogP contribution in [0.15, 0.2) is 30.3 Å². The molecule has 0 aliphatic carbocycles. The van der Waals surface area contributed by atoms with Crippen molar-refractivity contribution in [1.29, 1.82) is 0 Å². The minimum absolute atomic E-state index is 0. The van der Waals surface area contributed by atoms with Gasteiger partial charge >= 0.3 is 0 Å². The van der Waals surface area contributed by atoms with Gasteiger partial charge in [0.2, 0.25) is 5.91 Å². The fourth-order valence-electron chi connectivity index (χ4n) is 2.46. The second kappa shape index (κ2) is 6.92. The Kier molecular flexibility index (Phi) is 5.83. The number of carbonyl (C=O) groups is 1. The van der Waals surface area contributed by atoms with Crippen LogP contribution in [0.3, 0.4) is 0 Å². The highest BCUT2D eigenvalue weighted by molar-refractivity contribution is 5.85. The van der Waals surface area contributed by atoms with E-state index in [4.69, 9.17) is 5.73 Å². The van der Waals surface area contributed by atoms with E-state index >= 15 is 0 Å². The fourth-order valence-corrected chi connectivity index (χ4v) is 2.46. The maximum Gasteiger partial charge on any atom is 0.222 e. The maximum absolute atomic E-state index is 12.1. The number of carbonyl (C=O) groups excluding carboxylic acids is 1. The predicted octanol–water partition coefficient (Wildman–Crippen LogP) is 2.24. The Labute approximate surface area is 121 Å². The summed E-state index contributed by atoms with van der Waals surface area (Å²) in [5, 5.41) is 0. The number of likely N-dealkylation sites (tertiary alicyclic amines) is 1. The lowest BCUT2D eigenvalue weighted by Crippen LogP contribution is -2.34. The molecule has 0 aromatic heterocycles. The minimum atomic E-state index is 0. The Morgan fingerprint density at radius 3 is 2.63 bits per heavy atom. The summed E-state index contributed by atoms with van der Waals surface area (Å²) in [6.07, 6.45) is 2.46. The highest BCUT2D eigenvalue weighted by atomic mass is 35.5. The van der Waals surface area contributed by atoms with Gasteiger partial charge in [-0.05, 0) is 30.4 Å². The highest BCUT2D eigenvalue weighted by Gasteiger charge is 2.34. The Morgan fingerprint density at radius 1 is 1.37 bits per heavy atom. The lowest BCUT2D eigenvalue weighted by Gasteiger charge is -2.22. The van der Waals surface area contributed by atoms with E-state index in [1.807, 2.05) is 23.1 Å². The quantitative estimate of drug-likeness (QED) is 0.921. The van der Waals surface area contributed by atoms with Crippen LogP contribution >= 0.6 is 12.4 Å². The molecule has 1 heterocycles. The molecule has 1 fully saturated rings. The standard InChI is InChI=1S/C15H22N2O.ClH/c1-15(11-16)9-10-17(12-15)14(18)8-7-13-5-3-2-4-6-13;/h2-6H,7-12,16H2,1H3;1H. The predicted molar refractivity (Wildman–Crippen MR) is 80.4 cm³/mol. The third-order valence-corrected chi connectivity index (χ3v) is 3.87. The van der Waals surface area contributed by atoms with Crippen LogP contribution in [0.2, 0.25) is 0 Å². The molecule has 2 N–H and O–H groups in total. The van der Waals surface area contributed by atoms with Gasteiger partial charge in [0.1, 0.15) is 0 Å². The first-order chi connectivity index (χ1) is 8.63. The van der Waals surface area contributed by atoms with Gasteiger partial charge in [-0.2, -0.15) is 0 Å². The number of hydrogen-bond acceptors (Lipinski definition) is 2. The molecule has 0 radical (unpaired) electrons. The number of nitrogens with two attached hydrogens (primary N) is 1. The van der Waals surface area contributed by atoms with E-state index in [0.717, 1.165) is 25.9 Å². The van der Waals surface area contributed by atoms with Crippen molar-refractivity contribution in [1.82, 2.24) is 4.90 Å². The summed E-state index contributed by atoms with van der Waals surface area (Å²) in [7, 11) is 0. The molecule has 1 unspecified atom stereocenters. The Morgan fingerprint density at radius 2 is 2.05 bits per heavy atom. The van der Waals surface area contributed by atoms with E-state index in [2.05, 4.69) is 19.1 Å². The van der Waals surface area contributed by atoms with Crippen LogP contribution in [-0.2, 0) is 11.2 Å². The topological polar surface area (TPSA) is 46.3 Å². The number of benzene rings is 1. The lowest BCUT2D eigenvalue weighted by molar-refractivity contribution is -0.130. The first-order valence-electron chi connectivity index (χ1n) is 6.65. The molecule has 1 atom stereocenters. The second-order valence-electron chi connectivity index (χ2n) is 5.57. The first-order valence-corrected chi connectivity index (χ1v) is 6.65. The second-order valence-corrected chi connectivity index (χ2v) is 5.57. The number of halogens is 1. The van der Waals surface area contributed by atoms with Gasteiger partial charge in [0.15, 0.2) is 0 Å². The van der Waals surface area contributed by atoms with Crippen LogP contribution in [0.4, 0.5) is 0 Å². The van der Waals surface area contributed by atoms with Crippen LogP contribution < -0.4 is 5.73 Å². The van der Waals surface area contributed by atoms with E-state index in [0.29, 0.717) is 13.0 Å². The fraction of sp³-hybridized carbons (Fsp3) is 0.533. The maximum atomic E-state index is 12.1. The van der Waals surface area contributed by atoms with Crippen LogP contribution in [0, 0.1) is 5.41 Å². The van der Waals surface area contributed by atoms with Gasteiger partial charge in [0.25, 0.3) is 0 Å². The van der Waals surface area contributed by atoms with Gasteiger partial charge in [-0.3, -0.25) is 4.79 Å². The summed E-state index contributed by atoms with van der Waals surface area (Å²) >= 11 is 0. The molecule has 0 saturated carbocycles. The number of hydrogen-bond donors (Lipinski definition) is 1. The number of rotatable bonds is 4. The number of aryl methyl sites for hydroxylation is 1. The Bertz CT molecular complexity index is 410. The summed E-state index contributed by atoms with van der Waals surface area (Å²) in [6, 6.07) is 10.2. The molecule has 19 heavy (non-hydrogen) atoms. The Balaban J connectivity index is 0.00000180. The lowest BCUT2D eigenvalue weighted by atomic mass is 9.90. The molecule has 1 aliphatic rings. The molecule has 1 amide bonds. The normalized spacial score (nSPS) is 22.1. The molecule has 1 aromatic rings. The molecule has 4 heteroatoms. The van der Waals surface area contributed by atoms with Gasteiger partial charge in [-0.25, -0.2) is 0 Å². The molecule has 3 nitrogen and oxygen atoms in total. The minimum Gasteiger partial charge on any atom is -0.342 e. The SMILES string of the molecule is CC1(CN)CCN(C(=O)CCc2ccccc2)C1.Cl. The van der Waals surface area contributed by atoms with Crippen LogP contribution in [-0.4, -0.2) is 30.4 Å². The summed E-state index contributed by atoms with van der Waals surface area (Å²) in [5.74, 6) is 0.260. The van der Waals surface area contributed by atoms with Gasteiger partial charge in [0.05, 0.1) is 0 Å². The van der Waals surface area contributed by atoms with E-state index in [-0.39, 0.29) is 23.7 Å². The average Bonchev–Trinajstić information content (AvgIpc) is 2.81. The van der Waals surface area contributed by atoms with Crippen molar-refractivity contribution in [3.8, 4) is 0 Å². The molecule has 0 spiro atoms. The van der Waals surface area contributed by atoms with Crippen molar-refractivity contribution in [2.45, 2.75) is 26.2 Å². The van der Waals surface area contributed by atoms with E-state index in [9.17, 15) is 4.79 Å². The van der Waals surface area contributed by atoms with Crippen molar-refractivity contribution < 1.29 is 4.79 Å². The zero-order valence-electron chi connectivity index (χ0n) is 11.5. The van der Waals surface area contributed by atoms with Crippen LogP contribution in [0.5, 0.6) is 0 Å². The zero-order valence-corrected chi connectivity index (χ0v) is 12.3. The third kappa shape index (κ3) is 4.22. The zero-order chi connectivity index (χ0) is 13.0. The molecular weight excluding hydrogens is 260 g/mol. The number of nitrogens with zero attached hydrogens (tertiary/aromatic N) is 1. The monoisotopic (exact) mass is 282 g/mol. The van der Waals surface area contributed by atoms with E-state index < -0.39 is 0 Å². The van der Waals surface area contributed by atoms with Crippen molar-refractivity contribution in [2.24, 2.45) is 11.1 Å². The van der Waals surface area contributed by atoms with Crippen LogP contribution in [0.1, 0.15) is 25.3 Å². The van der Waals surface area contributed by atoms with Gasteiger partial charge in [-0.15, -0.1) is 12.4 Å². The van der Waals surface area contributed by atoms with Gasteiger partial charge < -0.3 is 10.6 Å². The smallest absolute Gasteiger partial charge is 0.222 e. The summed E-state index contributed by atoms with van der Waals surface area (Å²) < 4.78 is 0. The third-order valence-electron chi connectivity index (χ3n) is 3.87. The molecule has 1 aromatic carbocycles. The van der Waals surface area contributed by atoms with Gasteiger partial charge in [-0.1, -0.05) is 37.3 Å². The van der Waals surface area contributed by atoms with Crippen molar-refractivity contribution in [2.75, 3.05) is 19.6 Å². The molecule has 106 valence electrons. The molecule has 1 saturated heterocycles. The summed E-state index contributed by atoms with van der Waals surface area (Å²) in [5.41, 5.74) is 7.11. The Hall–Kier alpha value is -1.06. The van der Waals surface area contributed by atoms with E-state index in [1.165, 1.54) is 5.56 Å². The summed E-state index contributed by atoms with van der Waals surface area (Å²) in [4.78, 5) is 14.1. The first kappa shape index (κ1) is 16.0.